The maximum atomic E-state index is 13.7. The SMILES string of the molecule is O=C(Cc1ccccc1)N(CC(=O)N1CCc2sccc2[C@@H]1COc1cccc(F)c1)Cc1ccco1. The lowest BCUT2D eigenvalue weighted by molar-refractivity contribution is -0.143. The number of hydrogen-bond acceptors (Lipinski definition) is 5. The smallest absolute Gasteiger partial charge is 0.242 e. The molecule has 0 bridgehead atoms. The van der Waals surface area contributed by atoms with E-state index < -0.39 is 0 Å². The molecule has 4 aromatic rings. The van der Waals surface area contributed by atoms with Crippen LogP contribution in [0.5, 0.6) is 5.75 Å². The lowest BCUT2D eigenvalue weighted by atomic mass is 10.0. The van der Waals surface area contributed by atoms with Gasteiger partial charge in [0.05, 0.1) is 25.3 Å². The minimum atomic E-state index is -0.379. The molecular weight excluding hydrogens is 491 g/mol. The van der Waals surface area contributed by atoms with E-state index >= 15 is 0 Å². The van der Waals surface area contributed by atoms with E-state index in [2.05, 4.69) is 0 Å². The van der Waals surface area contributed by atoms with Gasteiger partial charge < -0.3 is 19.0 Å². The van der Waals surface area contributed by atoms with Crippen LogP contribution in [0, 0.1) is 5.82 Å². The number of thiophene rings is 1. The van der Waals surface area contributed by atoms with Gasteiger partial charge in [0.2, 0.25) is 11.8 Å². The number of furan rings is 1. The van der Waals surface area contributed by atoms with Crippen LogP contribution in [0.3, 0.4) is 0 Å². The van der Waals surface area contributed by atoms with E-state index in [9.17, 15) is 14.0 Å². The highest BCUT2D eigenvalue weighted by Gasteiger charge is 2.33. The molecule has 0 aliphatic carbocycles. The maximum absolute atomic E-state index is 13.7. The number of ether oxygens (including phenoxy) is 1. The van der Waals surface area contributed by atoms with Crippen molar-refractivity contribution in [3.8, 4) is 5.75 Å². The van der Waals surface area contributed by atoms with Gasteiger partial charge in [-0.3, -0.25) is 9.59 Å². The van der Waals surface area contributed by atoms with Crippen LogP contribution in [0.2, 0.25) is 0 Å². The van der Waals surface area contributed by atoms with E-state index in [1.54, 1.807) is 51.7 Å². The van der Waals surface area contributed by atoms with Gasteiger partial charge in [-0.2, -0.15) is 0 Å². The van der Waals surface area contributed by atoms with Crippen molar-refractivity contribution < 1.29 is 23.1 Å². The zero-order valence-corrected chi connectivity index (χ0v) is 21.0. The quantitative estimate of drug-likeness (QED) is 0.303. The Balaban J connectivity index is 1.34. The van der Waals surface area contributed by atoms with Crippen LogP contribution in [0.1, 0.15) is 27.8 Å². The fourth-order valence-electron chi connectivity index (χ4n) is 4.57. The number of hydrogen-bond donors (Lipinski definition) is 0. The van der Waals surface area contributed by atoms with Gasteiger partial charge in [0.25, 0.3) is 0 Å². The van der Waals surface area contributed by atoms with Crippen molar-refractivity contribution in [1.29, 1.82) is 0 Å². The number of nitrogens with zero attached hydrogens (tertiary/aromatic N) is 2. The van der Waals surface area contributed by atoms with Gasteiger partial charge in [-0.1, -0.05) is 36.4 Å². The molecule has 0 saturated heterocycles. The van der Waals surface area contributed by atoms with Crippen LogP contribution in [0.4, 0.5) is 4.39 Å². The van der Waals surface area contributed by atoms with Crippen LogP contribution >= 0.6 is 11.3 Å². The Morgan fingerprint density at radius 1 is 1.08 bits per heavy atom. The molecule has 0 fully saturated rings. The van der Waals surface area contributed by atoms with Crippen molar-refractivity contribution in [3.05, 3.63) is 112 Å². The molecule has 2 aromatic carbocycles. The number of rotatable bonds is 9. The molecule has 37 heavy (non-hydrogen) atoms. The van der Waals surface area contributed by atoms with Crippen molar-refractivity contribution in [2.24, 2.45) is 0 Å². The fourth-order valence-corrected chi connectivity index (χ4v) is 5.49. The van der Waals surface area contributed by atoms with E-state index in [0.717, 1.165) is 17.5 Å². The number of carbonyl (C=O) groups excluding carboxylic acids is 2. The third-order valence-corrected chi connectivity index (χ3v) is 7.42. The van der Waals surface area contributed by atoms with Crippen LogP contribution in [-0.4, -0.2) is 41.3 Å². The lowest BCUT2D eigenvalue weighted by Crippen LogP contribution is -2.47. The van der Waals surface area contributed by atoms with Gasteiger partial charge in [0.1, 0.15) is 30.5 Å². The first-order valence-electron chi connectivity index (χ1n) is 12.1. The first-order chi connectivity index (χ1) is 18.1. The van der Waals surface area contributed by atoms with Crippen molar-refractivity contribution in [2.45, 2.75) is 25.4 Å². The van der Waals surface area contributed by atoms with Crippen LogP contribution < -0.4 is 4.74 Å². The van der Waals surface area contributed by atoms with Crippen molar-refractivity contribution >= 4 is 23.2 Å². The summed E-state index contributed by atoms with van der Waals surface area (Å²) >= 11 is 1.66. The molecule has 0 radical (unpaired) electrons. The summed E-state index contributed by atoms with van der Waals surface area (Å²) < 4.78 is 25.1. The van der Waals surface area contributed by atoms with E-state index in [-0.39, 0.29) is 49.8 Å². The Bertz CT molecular complexity index is 1340. The Kier molecular flexibility index (Phi) is 7.65. The Morgan fingerprint density at radius 3 is 2.73 bits per heavy atom. The molecule has 1 aliphatic heterocycles. The Morgan fingerprint density at radius 2 is 1.95 bits per heavy atom. The summed E-state index contributed by atoms with van der Waals surface area (Å²) in [6.07, 6.45) is 2.49. The van der Waals surface area contributed by atoms with Crippen molar-refractivity contribution in [1.82, 2.24) is 9.80 Å². The summed E-state index contributed by atoms with van der Waals surface area (Å²) in [5.41, 5.74) is 1.92. The summed E-state index contributed by atoms with van der Waals surface area (Å²) in [4.78, 5) is 31.5. The molecule has 3 heterocycles. The fraction of sp³-hybridized carbons (Fsp3) is 0.241. The molecule has 5 rings (SSSR count). The second-order valence-corrected chi connectivity index (χ2v) is 9.91. The van der Waals surface area contributed by atoms with E-state index in [1.807, 2.05) is 41.8 Å². The van der Waals surface area contributed by atoms with Gasteiger partial charge in [0, 0.05) is 17.5 Å². The number of benzene rings is 2. The van der Waals surface area contributed by atoms with Gasteiger partial charge in [0.15, 0.2) is 0 Å². The largest absolute Gasteiger partial charge is 0.491 e. The van der Waals surface area contributed by atoms with E-state index in [0.29, 0.717) is 18.1 Å². The Hall–Kier alpha value is -3.91. The lowest BCUT2D eigenvalue weighted by Gasteiger charge is -2.37. The van der Waals surface area contributed by atoms with Crippen LogP contribution in [0.15, 0.2) is 88.9 Å². The normalized spacial score (nSPS) is 14.7. The van der Waals surface area contributed by atoms with Crippen molar-refractivity contribution in [2.75, 3.05) is 19.7 Å². The number of carbonyl (C=O) groups is 2. The highest BCUT2D eigenvalue weighted by Crippen LogP contribution is 2.34. The number of halogens is 1. The molecule has 6 nitrogen and oxygen atoms in total. The van der Waals surface area contributed by atoms with Gasteiger partial charge in [-0.05, 0) is 53.3 Å². The van der Waals surface area contributed by atoms with Crippen LogP contribution in [0.25, 0.3) is 0 Å². The molecule has 2 amide bonds. The number of amides is 2. The minimum absolute atomic E-state index is 0.0810. The third kappa shape index (κ3) is 6.09. The molecular formula is C29H27FN2O4S. The Labute approximate surface area is 218 Å². The summed E-state index contributed by atoms with van der Waals surface area (Å²) in [6.45, 7) is 0.828. The molecule has 190 valence electrons. The summed E-state index contributed by atoms with van der Waals surface area (Å²) in [5.74, 6) is 0.316. The molecule has 0 N–H and O–H groups in total. The van der Waals surface area contributed by atoms with E-state index in [4.69, 9.17) is 9.15 Å². The van der Waals surface area contributed by atoms with Gasteiger partial charge >= 0.3 is 0 Å². The van der Waals surface area contributed by atoms with Gasteiger partial charge in [-0.25, -0.2) is 4.39 Å². The third-order valence-electron chi connectivity index (χ3n) is 6.42. The second-order valence-electron chi connectivity index (χ2n) is 8.91. The zero-order chi connectivity index (χ0) is 25.6. The number of fused-ring (bicyclic) bond motifs is 1. The van der Waals surface area contributed by atoms with Crippen molar-refractivity contribution in [3.63, 3.8) is 0 Å². The molecule has 2 aromatic heterocycles. The first kappa shape index (κ1) is 24.8. The molecule has 0 unspecified atom stereocenters. The average Bonchev–Trinajstić information content (AvgIpc) is 3.59. The molecule has 8 heteroatoms. The topological polar surface area (TPSA) is 63.0 Å². The summed E-state index contributed by atoms with van der Waals surface area (Å²) in [6, 6.07) is 20.7. The predicted octanol–water partition coefficient (Wildman–Crippen LogP) is 5.26. The molecule has 1 atom stereocenters. The standard InChI is InChI=1S/C29H27FN2O4S/c30-22-8-4-9-23(17-22)36-20-26-25-12-15-37-27(25)11-13-32(26)29(34)19-31(18-24-10-5-14-35-24)28(33)16-21-6-2-1-3-7-21/h1-10,12,14-15,17,26H,11,13,16,18-20H2/t26-/m0/s1. The predicted molar refractivity (Wildman–Crippen MR) is 139 cm³/mol. The summed E-state index contributed by atoms with van der Waals surface area (Å²) in [5, 5.41) is 2.01. The minimum Gasteiger partial charge on any atom is -0.491 e. The van der Waals surface area contributed by atoms with E-state index in [1.165, 1.54) is 17.0 Å². The highest BCUT2D eigenvalue weighted by atomic mass is 32.1. The van der Waals surface area contributed by atoms with Crippen LogP contribution in [-0.2, 0) is 29.0 Å². The monoisotopic (exact) mass is 518 g/mol. The molecule has 0 spiro atoms. The molecule has 0 saturated carbocycles. The molecule has 1 aliphatic rings. The van der Waals surface area contributed by atoms with Gasteiger partial charge in [-0.15, -0.1) is 11.3 Å². The average molecular weight is 519 g/mol. The zero-order valence-electron chi connectivity index (χ0n) is 20.2. The first-order valence-corrected chi connectivity index (χ1v) is 13.0. The highest BCUT2D eigenvalue weighted by molar-refractivity contribution is 7.10. The maximum Gasteiger partial charge on any atom is 0.242 e. The summed E-state index contributed by atoms with van der Waals surface area (Å²) in [7, 11) is 0. The second kappa shape index (κ2) is 11.4.